The third-order valence-corrected chi connectivity index (χ3v) is 2.84. The number of nitrogens with two attached hydrogens (primary N) is 1. The highest BCUT2D eigenvalue weighted by Crippen LogP contribution is 2.09. The second-order valence-electron chi connectivity index (χ2n) is 4.54. The number of ketones is 1. The van der Waals surface area contributed by atoms with Crippen LogP contribution in [0.15, 0.2) is 42.4 Å². The van der Waals surface area contributed by atoms with E-state index in [0.29, 0.717) is 17.0 Å². The third kappa shape index (κ3) is 3.56. The maximum atomic E-state index is 11.8. The number of carbonyl (C=O) groups excluding carboxylic acids is 2. The fraction of sp³-hybridized carbons (Fsp3) is 0.231. The van der Waals surface area contributed by atoms with Crippen LogP contribution >= 0.6 is 0 Å². The van der Waals surface area contributed by atoms with Crippen molar-refractivity contribution >= 4 is 17.5 Å². The Morgan fingerprint density at radius 1 is 1.38 bits per heavy atom. The molecule has 110 valence electrons. The van der Waals surface area contributed by atoms with E-state index in [-0.39, 0.29) is 18.4 Å². The van der Waals surface area contributed by atoms with Gasteiger partial charge in [-0.15, -0.1) is 0 Å². The lowest BCUT2D eigenvalue weighted by Crippen LogP contribution is -2.17. The van der Waals surface area contributed by atoms with Crippen LogP contribution in [0.3, 0.4) is 0 Å². The number of rotatable bonds is 4. The standard InChI is InChI=1S/C13H16N6O2/c1-9(14)12(10(2)20)7-19-6-11(5-16-19)17-13(21)18-4-3-15-8-18/h3-6,8H,7,14H2,1-2H3,(H,17,21). The molecule has 0 fully saturated rings. The number of Topliss-reactive ketones (excluding diaryl/α,β-unsaturated/α-hetero) is 1. The number of allylic oxidation sites excluding steroid dienone is 2. The molecule has 0 unspecified atom stereocenters. The number of nitrogens with one attached hydrogen (secondary N) is 1. The molecule has 0 spiro atoms. The van der Waals surface area contributed by atoms with Crippen molar-refractivity contribution in [1.29, 1.82) is 0 Å². The molecule has 0 aliphatic rings. The van der Waals surface area contributed by atoms with Crippen molar-refractivity contribution in [3.8, 4) is 0 Å². The maximum absolute atomic E-state index is 11.8. The van der Waals surface area contributed by atoms with Crippen molar-refractivity contribution in [3.05, 3.63) is 42.4 Å². The number of hydrogen-bond acceptors (Lipinski definition) is 5. The molecular weight excluding hydrogens is 272 g/mol. The summed E-state index contributed by atoms with van der Waals surface area (Å²) in [4.78, 5) is 27.1. The van der Waals surface area contributed by atoms with Gasteiger partial charge in [0.25, 0.3) is 0 Å². The van der Waals surface area contributed by atoms with Crippen molar-refractivity contribution < 1.29 is 9.59 Å². The fourth-order valence-electron chi connectivity index (χ4n) is 1.76. The van der Waals surface area contributed by atoms with E-state index in [2.05, 4.69) is 15.4 Å². The number of hydrogen-bond donors (Lipinski definition) is 2. The molecule has 2 rings (SSSR count). The summed E-state index contributed by atoms with van der Waals surface area (Å²) in [6.45, 7) is 3.39. The first kappa shape index (κ1) is 14.5. The number of aromatic nitrogens is 4. The number of amides is 1. The van der Waals surface area contributed by atoms with E-state index in [1.54, 1.807) is 13.1 Å². The molecule has 8 nitrogen and oxygen atoms in total. The summed E-state index contributed by atoms with van der Waals surface area (Å²) in [5.41, 5.74) is 7.15. The number of carbonyl (C=O) groups is 2. The molecule has 0 aromatic carbocycles. The van der Waals surface area contributed by atoms with Crippen molar-refractivity contribution in [2.75, 3.05) is 5.32 Å². The first-order chi connectivity index (χ1) is 9.97. The van der Waals surface area contributed by atoms with Crippen molar-refractivity contribution in [2.45, 2.75) is 20.4 Å². The predicted molar refractivity (Wildman–Crippen MR) is 76.4 cm³/mol. The summed E-state index contributed by atoms with van der Waals surface area (Å²) in [6.07, 6.45) is 7.57. The molecule has 8 heteroatoms. The van der Waals surface area contributed by atoms with E-state index < -0.39 is 0 Å². The predicted octanol–water partition coefficient (Wildman–Crippen LogP) is 0.981. The van der Waals surface area contributed by atoms with Gasteiger partial charge in [-0.05, 0) is 13.8 Å². The Morgan fingerprint density at radius 3 is 2.71 bits per heavy atom. The Hall–Kier alpha value is -2.90. The zero-order valence-corrected chi connectivity index (χ0v) is 11.8. The molecule has 2 aromatic heterocycles. The largest absolute Gasteiger partial charge is 0.402 e. The summed E-state index contributed by atoms with van der Waals surface area (Å²) in [6, 6.07) is -0.343. The molecule has 2 aromatic rings. The normalized spacial score (nSPS) is 11.9. The zero-order chi connectivity index (χ0) is 15.4. The van der Waals surface area contributed by atoms with Gasteiger partial charge < -0.3 is 11.1 Å². The van der Waals surface area contributed by atoms with Gasteiger partial charge in [-0.1, -0.05) is 0 Å². The van der Waals surface area contributed by atoms with Gasteiger partial charge in [0.1, 0.15) is 6.33 Å². The third-order valence-electron chi connectivity index (χ3n) is 2.84. The van der Waals surface area contributed by atoms with Gasteiger partial charge in [-0.3, -0.25) is 14.0 Å². The zero-order valence-electron chi connectivity index (χ0n) is 11.8. The van der Waals surface area contributed by atoms with Crippen LogP contribution in [0.25, 0.3) is 0 Å². The number of nitrogens with zero attached hydrogens (tertiary/aromatic N) is 4. The quantitative estimate of drug-likeness (QED) is 0.815. The molecular formula is C13H16N6O2. The number of anilines is 1. The molecule has 21 heavy (non-hydrogen) atoms. The summed E-state index contributed by atoms with van der Waals surface area (Å²) in [5, 5.41) is 6.76. The Balaban J connectivity index is 2.07. The minimum absolute atomic E-state index is 0.102. The molecule has 0 aliphatic heterocycles. The minimum Gasteiger partial charge on any atom is -0.402 e. The van der Waals surface area contributed by atoms with Gasteiger partial charge in [0, 0.05) is 29.9 Å². The smallest absolute Gasteiger partial charge is 0.331 e. The molecule has 0 saturated heterocycles. The van der Waals surface area contributed by atoms with Gasteiger partial charge in [0.05, 0.1) is 18.4 Å². The topological polar surface area (TPSA) is 108 Å². The molecule has 0 atom stereocenters. The van der Waals surface area contributed by atoms with Crippen LogP contribution < -0.4 is 11.1 Å². The van der Waals surface area contributed by atoms with Gasteiger partial charge in [0.15, 0.2) is 5.78 Å². The maximum Gasteiger partial charge on any atom is 0.331 e. The highest BCUT2D eigenvalue weighted by Gasteiger charge is 2.10. The SMILES string of the molecule is CC(=O)C(Cn1cc(NC(=O)n2ccnc2)cn1)=C(C)N. The molecule has 0 saturated carbocycles. The van der Waals surface area contributed by atoms with Crippen LogP contribution in [-0.2, 0) is 11.3 Å². The molecule has 0 aliphatic carbocycles. The van der Waals surface area contributed by atoms with Crippen LogP contribution in [-0.4, -0.2) is 31.1 Å². The van der Waals surface area contributed by atoms with E-state index in [1.807, 2.05) is 0 Å². The van der Waals surface area contributed by atoms with Gasteiger partial charge in [-0.25, -0.2) is 9.78 Å². The van der Waals surface area contributed by atoms with Crippen LogP contribution in [0.2, 0.25) is 0 Å². The minimum atomic E-state index is -0.343. The molecule has 3 N–H and O–H groups in total. The summed E-state index contributed by atoms with van der Waals surface area (Å²) >= 11 is 0. The lowest BCUT2D eigenvalue weighted by molar-refractivity contribution is -0.113. The molecule has 1 amide bonds. The number of imidazole rings is 1. The van der Waals surface area contributed by atoms with E-state index >= 15 is 0 Å². The second-order valence-corrected chi connectivity index (χ2v) is 4.54. The average molecular weight is 288 g/mol. The first-order valence-electron chi connectivity index (χ1n) is 6.25. The second kappa shape index (κ2) is 6.04. The fourth-order valence-corrected chi connectivity index (χ4v) is 1.76. The van der Waals surface area contributed by atoms with Crippen LogP contribution in [0, 0.1) is 0 Å². The monoisotopic (exact) mass is 288 g/mol. The molecule has 2 heterocycles. The van der Waals surface area contributed by atoms with Crippen LogP contribution in [0.5, 0.6) is 0 Å². The van der Waals surface area contributed by atoms with Crippen LogP contribution in [0.4, 0.5) is 10.5 Å². The first-order valence-corrected chi connectivity index (χ1v) is 6.25. The van der Waals surface area contributed by atoms with Crippen molar-refractivity contribution in [1.82, 2.24) is 19.3 Å². The Kier molecular flexibility index (Phi) is 4.17. The van der Waals surface area contributed by atoms with Crippen molar-refractivity contribution in [2.24, 2.45) is 5.73 Å². The molecule has 0 bridgehead atoms. The van der Waals surface area contributed by atoms with Gasteiger partial charge in [0.2, 0.25) is 0 Å². The average Bonchev–Trinajstić information content (AvgIpc) is 3.06. The highest BCUT2D eigenvalue weighted by molar-refractivity contribution is 5.93. The molecule has 0 radical (unpaired) electrons. The van der Waals surface area contributed by atoms with Crippen LogP contribution in [0.1, 0.15) is 13.8 Å². The Bertz CT molecular complexity index is 679. The highest BCUT2D eigenvalue weighted by atomic mass is 16.2. The summed E-state index contributed by atoms with van der Waals surface area (Å²) in [5.74, 6) is -0.102. The van der Waals surface area contributed by atoms with Gasteiger partial charge in [-0.2, -0.15) is 5.10 Å². The summed E-state index contributed by atoms with van der Waals surface area (Å²) in [7, 11) is 0. The Morgan fingerprint density at radius 2 is 2.14 bits per heavy atom. The van der Waals surface area contributed by atoms with E-state index in [1.165, 1.54) is 41.1 Å². The lowest BCUT2D eigenvalue weighted by atomic mass is 10.1. The van der Waals surface area contributed by atoms with Gasteiger partial charge >= 0.3 is 6.03 Å². The van der Waals surface area contributed by atoms with E-state index in [9.17, 15) is 9.59 Å². The lowest BCUT2D eigenvalue weighted by Gasteiger charge is -2.06. The summed E-state index contributed by atoms with van der Waals surface area (Å²) < 4.78 is 2.85. The Labute approximate surface area is 121 Å². The van der Waals surface area contributed by atoms with E-state index in [4.69, 9.17) is 5.73 Å². The van der Waals surface area contributed by atoms with E-state index in [0.717, 1.165) is 0 Å². The van der Waals surface area contributed by atoms with Crippen molar-refractivity contribution in [3.63, 3.8) is 0 Å².